The molecule has 0 amide bonds. The van der Waals surface area contributed by atoms with Gasteiger partial charge >= 0.3 is 0 Å². The molecule has 106 heavy (non-hydrogen) atoms. The Morgan fingerprint density at radius 3 is 1.22 bits per heavy atom. The minimum Gasteiger partial charge on any atom is -0.456 e. The zero-order valence-electron chi connectivity index (χ0n) is 64.6. The molecule has 0 spiro atoms. The highest BCUT2D eigenvalue weighted by Crippen LogP contribution is 2.55. The predicted molar refractivity (Wildman–Crippen MR) is 455 cm³/mol. The second-order valence-electron chi connectivity index (χ2n) is 35.0. The zero-order valence-corrected chi connectivity index (χ0v) is 64.6. The van der Waals surface area contributed by atoms with Gasteiger partial charge in [0, 0.05) is 38.1 Å². The molecule has 4 aliphatic rings. The lowest BCUT2D eigenvalue weighted by atomic mass is 9.79. The predicted octanol–water partition coefficient (Wildman–Crippen LogP) is 29.0. The normalized spacial score (nSPS) is 13.3. The Morgan fingerprint density at radius 2 is 0.642 bits per heavy atom. The minimum absolute atomic E-state index is 0.00974. The molecule has 2 heterocycles. The van der Waals surface area contributed by atoms with Crippen molar-refractivity contribution in [3.63, 3.8) is 0 Å². The lowest BCUT2D eigenvalue weighted by Gasteiger charge is -2.24. The van der Waals surface area contributed by atoms with Crippen LogP contribution in [-0.4, -0.2) is 0 Å². The van der Waals surface area contributed by atoms with Crippen LogP contribution in [0.1, 0.15) is 172 Å². The molecule has 17 aromatic rings. The van der Waals surface area contributed by atoms with Gasteiger partial charge in [0.25, 0.3) is 0 Å². The van der Waals surface area contributed by atoms with Crippen LogP contribution in [0.25, 0.3) is 142 Å². The molecule has 2 nitrogen and oxygen atoms in total. The van der Waals surface area contributed by atoms with Crippen molar-refractivity contribution >= 4 is 97.7 Å². The standard InChI is InChI=1S/C28H24O.2C26H24.C24H22O/c1-16-22-15-18-10-6-7-11-19(18)23(22)24-21-14-13-17-9-5-8-12-20(17)26(21)29-27(24)25(16)28(2,3)4;1-16-23-15-18-10-11-20-19-8-6-5-7-17(19)9-12-21(20)25(18)22(23)13-14-24(16)26(2,3)4;1-16-22-15-19-12-11-18-10-9-17-7-5-6-8-20(17)24(18)25(19)21(22)13-14-23(16)26(2,3)4;1-14-18-13-15-9-5-6-10-16(15)20(18)21-17-11-7-8-12-19(17)25-23(21)22(14)24(2,3)4/h5-14H,15H2,1-4H3;2*5-14H,15H2,1-4H3;5-12H,13H2,1-4H3. The second-order valence-corrected chi connectivity index (χ2v) is 35.0. The van der Waals surface area contributed by atoms with Gasteiger partial charge in [-0.15, -0.1) is 0 Å². The van der Waals surface area contributed by atoms with E-state index in [-0.39, 0.29) is 21.7 Å². The fourth-order valence-corrected chi connectivity index (χ4v) is 19.7. The summed E-state index contributed by atoms with van der Waals surface area (Å²) in [5.74, 6) is 0. The van der Waals surface area contributed by atoms with Crippen LogP contribution in [0.4, 0.5) is 0 Å². The molecule has 2 aromatic heterocycles. The van der Waals surface area contributed by atoms with Crippen molar-refractivity contribution in [3.8, 4) is 44.5 Å². The average molecular weight is 1380 g/mol. The molecule has 0 bridgehead atoms. The van der Waals surface area contributed by atoms with Crippen LogP contribution in [0.3, 0.4) is 0 Å². The first-order valence-electron chi connectivity index (χ1n) is 38.5. The van der Waals surface area contributed by atoms with E-state index in [2.05, 4.69) is 341 Å². The number of benzene rings is 15. The quantitative estimate of drug-likeness (QED) is 0.141. The summed E-state index contributed by atoms with van der Waals surface area (Å²) >= 11 is 0. The van der Waals surface area contributed by atoms with E-state index < -0.39 is 0 Å². The van der Waals surface area contributed by atoms with E-state index in [1.165, 1.54) is 209 Å². The van der Waals surface area contributed by atoms with Crippen LogP contribution < -0.4 is 0 Å². The molecule has 0 atom stereocenters. The van der Waals surface area contributed by atoms with Crippen LogP contribution in [0.15, 0.2) is 239 Å². The molecule has 522 valence electrons. The van der Waals surface area contributed by atoms with Gasteiger partial charge in [-0.2, -0.15) is 0 Å². The molecular formula is C104H94O2. The molecule has 0 N–H and O–H groups in total. The molecule has 0 saturated heterocycles. The average Bonchev–Trinajstić information content (AvgIpc) is 1.55. The van der Waals surface area contributed by atoms with E-state index >= 15 is 0 Å². The molecule has 0 unspecified atom stereocenters. The van der Waals surface area contributed by atoms with Gasteiger partial charge in [-0.05, 0) is 258 Å². The third kappa shape index (κ3) is 10.5. The van der Waals surface area contributed by atoms with Gasteiger partial charge in [0.05, 0.1) is 0 Å². The van der Waals surface area contributed by atoms with Gasteiger partial charge < -0.3 is 8.83 Å². The fourth-order valence-electron chi connectivity index (χ4n) is 19.7. The van der Waals surface area contributed by atoms with Gasteiger partial charge in [0.1, 0.15) is 22.3 Å². The SMILES string of the molecule is Cc1c(C(C)(C)C)ccc2c1Cc1ccc3c(ccc4ccccc43)c1-2.Cc1c(C(C)(C)C)ccc2c1Cc1ccc3ccc4ccccc4c3c1-2.Cc1c2c(c3c(oc4c5ccccc5ccc43)c1C(C)(C)C)-c1ccccc1C2.Cc1c2c(c3c(oc4ccccc43)c1C(C)(C)C)-c1ccccc1C2. The Balaban J connectivity index is 0.000000100. The van der Waals surface area contributed by atoms with Crippen molar-refractivity contribution in [1.82, 2.24) is 0 Å². The number of hydrogen-bond acceptors (Lipinski definition) is 2. The van der Waals surface area contributed by atoms with E-state index in [0.29, 0.717) is 0 Å². The van der Waals surface area contributed by atoms with Gasteiger partial charge in [-0.1, -0.05) is 301 Å². The summed E-state index contributed by atoms with van der Waals surface area (Å²) in [6, 6.07) is 84.5. The van der Waals surface area contributed by atoms with Crippen LogP contribution in [-0.2, 0) is 47.3 Å². The summed E-state index contributed by atoms with van der Waals surface area (Å²) in [5, 5.41) is 18.4. The van der Waals surface area contributed by atoms with Gasteiger partial charge in [-0.25, -0.2) is 0 Å². The number of hydrogen-bond donors (Lipinski definition) is 0. The van der Waals surface area contributed by atoms with Crippen molar-refractivity contribution < 1.29 is 8.83 Å². The van der Waals surface area contributed by atoms with E-state index in [1.807, 2.05) is 0 Å². The van der Waals surface area contributed by atoms with E-state index in [4.69, 9.17) is 8.83 Å². The molecule has 15 aromatic carbocycles. The first-order chi connectivity index (χ1) is 50.8. The van der Waals surface area contributed by atoms with Crippen LogP contribution in [0.2, 0.25) is 0 Å². The summed E-state index contributed by atoms with van der Waals surface area (Å²) in [4.78, 5) is 0. The first kappa shape index (κ1) is 67.1. The number of para-hydroxylation sites is 1. The zero-order chi connectivity index (χ0) is 73.4. The Hall–Kier alpha value is -10.8. The molecule has 2 heteroatoms. The lowest BCUT2D eigenvalue weighted by Crippen LogP contribution is -2.15. The summed E-state index contributed by atoms with van der Waals surface area (Å²) in [6.45, 7) is 36.8. The molecule has 0 aliphatic heterocycles. The minimum atomic E-state index is 0.00974. The van der Waals surface area contributed by atoms with Crippen LogP contribution in [0.5, 0.6) is 0 Å². The van der Waals surface area contributed by atoms with Gasteiger partial charge in [0.2, 0.25) is 0 Å². The van der Waals surface area contributed by atoms with Crippen LogP contribution >= 0.6 is 0 Å². The summed E-state index contributed by atoms with van der Waals surface area (Å²) < 4.78 is 13.2. The summed E-state index contributed by atoms with van der Waals surface area (Å²) in [6.07, 6.45) is 4.15. The number of fused-ring (bicyclic) bond motifs is 30. The van der Waals surface area contributed by atoms with Crippen LogP contribution in [0, 0.1) is 27.7 Å². The maximum absolute atomic E-state index is 6.74. The van der Waals surface area contributed by atoms with Gasteiger partial charge in [-0.3, -0.25) is 0 Å². The van der Waals surface area contributed by atoms with Crippen molar-refractivity contribution in [3.05, 3.63) is 320 Å². The summed E-state index contributed by atoms with van der Waals surface area (Å²) in [5.41, 5.74) is 39.0. The second kappa shape index (κ2) is 24.4. The highest BCUT2D eigenvalue weighted by atomic mass is 16.3. The Labute approximate surface area is 624 Å². The molecule has 21 rings (SSSR count). The third-order valence-electron chi connectivity index (χ3n) is 24.3. The highest BCUT2D eigenvalue weighted by Gasteiger charge is 2.36. The summed E-state index contributed by atoms with van der Waals surface area (Å²) in [7, 11) is 0. The smallest absolute Gasteiger partial charge is 0.143 e. The Morgan fingerprint density at radius 1 is 0.236 bits per heavy atom. The largest absolute Gasteiger partial charge is 0.456 e. The fraction of sp³-hybridized carbons (Fsp3) is 0.231. The Bertz CT molecular complexity index is 6580. The number of furan rings is 2. The van der Waals surface area contributed by atoms with Crippen molar-refractivity contribution in [2.24, 2.45) is 0 Å². The first-order valence-corrected chi connectivity index (χ1v) is 38.5. The highest BCUT2D eigenvalue weighted by molar-refractivity contribution is 6.22. The maximum atomic E-state index is 6.74. The lowest BCUT2D eigenvalue weighted by molar-refractivity contribution is 0.568. The van der Waals surface area contributed by atoms with Gasteiger partial charge in [0.15, 0.2) is 0 Å². The monoisotopic (exact) mass is 1370 g/mol. The van der Waals surface area contributed by atoms with Crippen molar-refractivity contribution in [2.45, 2.75) is 158 Å². The molecule has 4 aliphatic carbocycles. The van der Waals surface area contributed by atoms with E-state index in [9.17, 15) is 0 Å². The molecule has 0 saturated carbocycles. The van der Waals surface area contributed by atoms with Crippen molar-refractivity contribution in [2.75, 3.05) is 0 Å². The Kier molecular flexibility index (Phi) is 15.4. The third-order valence-corrected chi connectivity index (χ3v) is 24.3. The molecule has 0 radical (unpaired) electrons. The molecule has 0 fully saturated rings. The number of rotatable bonds is 0. The van der Waals surface area contributed by atoms with E-state index in [0.717, 1.165) is 48.0 Å². The molecular weight excluding hydrogens is 1280 g/mol. The van der Waals surface area contributed by atoms with Crippen molar-refractivity contribution in [1.29, 1.82) is 0 Å². The maximum Gasteiger partial charge on any atom is 0.143 e. The topological polar surface area (TPSA) is 26.3 Å². The van der Waals surface area contributed by atoms with E-state index in [1.54, 1.807) is 0 Å².